The molecule has 0 aromatic heterocycles. The molecule has 100 valence electrons. The van der Waals surface area contributed by atoms with Crippen molar-refractivity contribution in [3.05, 3.63) is 29.8 Å². The molecule has 1 saturated heterocycles. The van der Waals surface area contributed by atoms with Crippen molar-refractivity contribution in [1.82, 2.24) is 0 Å². The van der Waals surface area contributed by atoms with Gasteiger partial charge < -0.3 is 15.7 Å². The zero-order chi connectivity index (χ0) is 12.8. The van der Waals surface area contributed by atoms with E-state index in [1.807, 2.05) is 0 Å². The highest BCUT2D eigenvalue weighted by molar-refractivity contribution is 5.48. The lowest BCUT2D eigenvalue weighted by molar-refractivity contribution is 0.203. The van der Waals surface area contributed by atoms with E-state index in [1.165, 1.54) is 11.3 Å². The highest BCUT2D eigenvalue weighted by Crippen LogP contribution is 2.23. The Morgan fingerprint density at radius 3 is 2.39 bits per heavy atom. The van der Waals surface area contributed by atoms with Crippen molar-refractivity contribution in [2.45, 2.75) is 25.7 Å². The van der Waals surface area contributed by atoms with Gasteiger partial charge in [0.15, 0.2) is 0 Å². The summed E-state index contributed by atoms with van der Waals surface area (Å²) in [6, 6.07) is 8.85. The molecule has 1 heterocycles. The van der Waals surface area contributed by atoms with Crippen molar-refractivity contribution in [2.75, 3.05) is 31.1 Å². The highest BCUT2D eigenvalue weighted by Gasteiger charge is 2.18. The lowest BCUT2D eigenvalue weighted by Crippen LogP contribution is -2.34. The summed E-state index contributed by atoms with van der Waals surface area (Å²) in [4.78, 5) is 2.42. The van der Waals surface area contributed by atoms with Gasteiger partial charge in [0, 0.05) is 25.4 Å². The number of anilines is 1. The number of aryl methyl sites for hydroxylation is 1. The van der Waals surface area contributed by atoms with Crippen LogP contribution in [0.1, 0.15) is 24.8 Å². The normalized spacial score (nSPS) is 17.1. The molecule has 0 amide bonds. The van der Waals surface area contributed by atoms with Crippen molar-refractivity contribution in [3.63, 3.8) is 0 Å². The third kappa shape index (κ3) is 3.47. The van der Waals surface area contributed by atoms with Crippen molar-refractivity contribution in [3.8, 4) is 0 Å². The van der Waals surface area contributed by atoms with E-state index >= 15 is 0 Å². The average molecular weight is 248 g/mol. The molecule has 1 aliphatic rings. The number of rotatable bonds is 5. The minimum Gasteiger partial charge on any atom is -0.396 e. The van der Waals surface area contributed by atoms with Gasteiger partial charge in [-0.25, -0.2) is 0 Å². The first kappa shape index (κ1) is 13.4. The van der Waals surface area contributed by atoms with Crippen LogP contribution in [0.3, 0.4) is 0 Å². The van der Waals surface area contributed by atoms with Gasteiger partial charge in [0.05, 0.1) is 0 Å². The molecule has 0 spiro atoms. The van der Waals surface area contributed by atoms with E-state index in [9.17, 15) is 0 Å². The predicted octanol–water partition coefficient (Wildman–Crippen LogP) is 1.79. The molecule has 0 aliphatic carbocycles. The van der Waals surface area contributed by atoms with Crippen LogP contribution in [0.15, 0.2) is 24.3 Å². The van der Waals surface area contributed by atoms with Crippen LogP contribution in [-0.4, -0.2) is 31.3 Å². The second-order valence-electron chi connectivity index (χ2n) is 5.17. The van der Waals surface area contributed by atoms with Crippen LogP contribution in [0, 0.1) is 5.92 Å². The Labute approximate surface area is 110 Å². The smallest absolute Gasteiger partial charge is 0.0460 e. The number of hydrogen-bond donors (Lipinski definition) is 2. The van der Waals surface area contributed by atoms with E-state index in [4.69, 9.17) is 10.8 Å². The lowest BCUT2D eigenvalue weighted by atomic mass is 9.97. The van der Waals surface area contributed by atoms with E-state index in [0.717, 1.165) is 45.3 Å². The van der Waals surface area contributed by atoms with E-state index in [0.29, 0.717) is 12.5 Å². The van der Waals surface area contributed by atoms with E-state index in [1.54, 1.807) is 0 Å². The first-order chi connectivity index (χ1) is 8.83. The molecule has 0 bridgehead atoms. The third-order valence-electron chi connectivity index (χ3n) is 3.84. The van der Waals surface area contributed by atoms with Gasteiger partial charge in [0.1, 0.15) is 0 Å². The summed E-state index contributed by atoms with van der Waals surface area (Å²) in [5.41, 5.74) is 8.20. The molecule has 0 radical (unpaired) electrons. The maximum Gasteiger partial charge on any atom is 0.0460 e. The molecule has 1 aliphatic heterocycles. The standard InChI is InChI=1S/C15H24N2O/c16-9-1-2-13-3-5-15(6-4-13)17-10-7-14(12-18)8-11-17/h3-6,14,18H,1-2,7-12,16H2. The Hall–Kier alpha value is -1.06. The Morgan fingerprint density at radius 2 is 1.83 bits per heavy atom. The minimum atomic E-state index is 0.339. The Morgan fingerprint density at radius 1 is 1.17 bits per heavy atom. The summed E-state index contributed by atoms with van der Waals surface area (Å²) in [6.07, 6.45) is 4.33. The van der Waals surface area contributed by atoms with Gasteiger partial charge in [-0.05, 0) is 55.8 Å². The molecule has 0 unspecified atom stereocenters. The zero-order valence-corrected chi connectivity index (χ0v) is 11.0. The molecule has 1 aromatic rings. The van der Waals surface area contributed by atoms with E-state index in [2.05, 4.69) is 29.2 Å². The van der Waals surface area contributed by atoms with Gasteiger partial charge in [-0.15, -0.1) is 0 Å². The number of hydrogen-bond acceptors (Lipinski definition) is 3. The molecular weight excluding hydrogens is 224 g/mol. The second-order valence-corrected chi connectivity index (χ2v) is 5.17. The molecule has 1 fully saturated rings. The molecule has 1 aromatic carbocycles. The molecule has 0 atom stereocenters. The SMILES string of the molecule is NCCCc1ccc(N2CCC(CO)CC2)cc1. The van der Waals surface area contributed by atoms with Crippen molar-refractivity contribution in [1.29, 1.82) is 0 Å². The van der Waals surface area contributed by atoms with Crippen LogP contribution in [0.25, 0.3) is 0 Å². The van der Waals surface area contributed by atoms with Crippen LogP contribution in [0.5, 0.6) is 0 Å². The van der Waals surface area contributed by atoms with Crippen LogP contribution in [0.4, 0.5) is 5.69 Å². The second kappa shape index (κ2) is 6.76. The molecule has 0 saturated carbocycles. The quantitative estimate of drug-likeness (QED) is 0.835. The summed E-state index contributed by atoms with van der Waals surface area (Å²) in [5.74, 6) is 0.505. The topological polar surface area (TPSA) is 49.5 Å². The maximum atomic E-state index is 9.14. The fraction of sp³-hybridized carbons (Fsp3) is 0.600. The number of aliphatic hydroxyl groups is 1. The fourth-order valence-corrected chi connectivity index (χ4v) is 2.55. The van der Waals surface area contributed by atoms with Crippen molar-refractivity contribution < 1.29 is 5.11 Å². The Kier molecular flexibility index (Phi) is 5.02. The maximum absolute atomic E-state index is 9.14. The molecule has 2 rings (SSSR count). The summed E-state index contributed by atoms with van der Waals surface area (Å²) in [5, 5.41) is 9.14. The third-order valence-corrected chi connectivity index (χ3v) is 3.84. The van der Waals surface area contributed by atoms with Gasteiger partial charge in [-0.3, -0.25) is 0 Å². The van der Waals surface area contributed by atoms with Crippen LogP contribution in [0.2, 0.25) is 0 Å². The van der Waals surface area contributed by atoms with Gasteiger partial charge in [0.25, 0.3) is 0 Å². The van der Waals surface area contributed by atoms with E-state index < -0.39 is 0 Å². The van der Waals surface area contributed by atoms with Gasteiger partial charge in [-0.2, -0.15) is 0 Å². The summed E-state index contributed by atoms with van der Waals surface area (Å²) in [6.45, 7) is 3.23. The number of aliphatic hydroxyl groups excluding tert-OH is 1. The Balaban J connectivity index is 1.89. The van der Waals surface area contributed by atoms with Gasteiger partial charge >= 0.3 is 0 Å². The zero-order valence-electron chi connectivity index (χ0n) is 11.0. The van der Waals surface area contributed by atoms with Crippen molar-refractivity contribution >= 4 is 5.69 Å². The first-order valence-electron chi connectivity index (χ1n) is 6.98. The summed E-state index contributed by atoms with van der Waals surface area (Å²) >= 11 is 0. The number of nitrogens with zero attached hydrogens (tertiary/aromatic N) is 1. The van der Waals surface area contributed by atoms with Crippen LogP contribution < -0.4 is 10.6 Å². The van der Waals surface area contributed by atoms with Gasteiger partial charge in [0.2, 0.25) is 0 Å². The van der Waals surface area contributed by atoms with Crippen LogP contribution >= 0.6 is 0 Å². The molecular formula is C15H24N2O. The highest BCUT2D eigenvalue weighted by atomic mass is 16.3. The fourth-order valence-electron chi connectivity index (χ4n) is 2.55. The Bertz CT molecular complexity index is 342. The number of nitrogens with two attached hydrogens (primary N) is 1. The van der Waals surface area contributed by atoms with Crippen molar-refractivity contribution in [2.24, 2.45) is 11.7 Å². The minimum absolute atomic E-state index is 0.339. The lowest BCUT2D eigenvalue weighted by Gasteiger charge is -2.33. The van der Waals surface area contributed by atoms with E-state index in [-0.39, 0.29) is 0 Å². The molecule has 3 nitrogen and oxygen atoms in total. The predicted molar refractivity (Wildman–Crippen MR) is 75.8 cm³/mol. The molecule has 3 N–H and O–H groups in total. The van der Waals surface area contributed by atoms with Gasteiger partial charge in [-0.1, -0.05) is 12.1 Å². The number of piperidine rings is 1. The monoisotopic (exact) mass is 248 g/mol. The number of benzene rings is 1. The van der Waals surface area contributed by atoms with Crippen LogP contribution in [-0.2, 0) is 6.42 Å². The largest absolute Gasteiger partial charge is 0.396 e. The molecule has 18 heavy (non-hydrogen) atoms. The first-order valence-corrected chi connectivity index (χ1v) is 6.98. The average Bonchev–Trinajstić information content (AvgIpc) is 2.46. The summed E-state index contributed by atoms with van der Waals surface area (Å²) < 4.78 is 0. The molecule has 3 heteroatoms. The summed E-state index contributed by atoms with van der Waals surface area (Å²) in [7, 11) is 0.